The SMILES string of the molecule is CCCNC(c1ccc(I)cc1)c1ccsc1. The second-order valence-corrected chi connectivity index (χ2v) is 6.02. The number of nitrogens with one attached hydrogen (secondary N) is 1. The minimum absolute atomic E-state index is 0.332. The minimum atomic E-state index is 0.332. The van der Waals surface area contributed by atoms with Gasteiger partial charge >= 0.3 is 0 Å². The first kappa shape index (κ1) is 13.1. The van der Waals surface area contributed by atoms with Crippen LogP contribution in [-0.2, 0) is 0 Å². The van der Waals surface area contributed by atoms with Crippen LogP contribution < -0.4 is 5.32 Å². The molecule has 0 radical (unpaired) electrons. The largest absolute Gasteiger partial charge is 0.306 e. The van der Waals surface area contributed by atoms with Crippen LogP contribution in [0.3, 0.4) is 0 Å². The molecule has 1 unspecified atom stereocenters. The lowest BCUT2D eigenvalue weighted by Gasteiger charge is -2.18. The molecule has 90 valence electrons. The van der Waals surface area contributed by atoms with Crippen LogP contribution in [0.1, 0.15) is 30.5 Å². The van der Waals surface area contributed by atoms with Crippen molar-refractivity contribution in [2.45, 2.75) is 19.4 Å². The Morgan fingerprint density at radius 3 is 2.53 bits per heavy atom. The van der Waals surface area contributed by atoms with Gasteiger partial charge in [0.15, 0.2) is 0 Å². The molecular formula is C14H16INS. The second-order valence-electron chi connectivity index (χ2n) is 4.00. The van der Waals surface area contributed by atoms with Gasteiger partial charge in [0.1, 0.15) is 0 Å². The minimum Gasteiger partial charge on any atom is -0.306 e. The van der Waals surface area contributed by atoms with Gasteiger partial charge < -0.3 is 5.32 Å². The standard InChI is InChI=1S/C14H16INS/c1-2-8-16-14(12-7-9-17-10-12)11-3-5-13(15)6-4-11/h3-7,9-10,14,16H,2,8H2,1H3. The predicted molar refractivity (Wildman–Crippen MR) is 83.6 cm³/mol. The summed E-state index contributed by atoms with van der Waals surface area (Å²) in [4.78, 5) is 0. The van der Waals surface area contributed by atoms with Gasteiger partial charge in [-0.25, -0.2) is 0 Å². The third-order valence-corrected chi connectivity index (χ3v) is 4.10. The van der Waals surface area contributed by atoms with Gasteiger partial charge in [-0.2, -0.15) is 11.3 Å². The molecule has 1 N–H and O–H groups in total. The lowest BCUT2D eigenvalue weighted by molar-refractivity contribution is 0.600. The van der Waals surface area contributed by atoms with E-state index < -0.39 is 0 Å². The van der Waals surface area contributed by atoms with Gasteiger partial charge in [0.2, 0.25) is 0 Å². The van der Waals surface area contributed by atoms with E-state index in [1.54, 1.807) is 11.3 Å². The number of halogens is 1. The fraction of sp³-hybridized carbons (Fsp3) is 0.286. The highest BCUT2D eigenvalue weighted by molar-refractivity contribution is 14.1. The highest BCUT2D eigenvalue weighted by atomic mass is 127. The van der Waals surface area contributed by atoms with Crippen LogP contribution in [0.5, 0.6) is 0 Å². The molecule has 0 saturated heterocycles. The average Bonchev–Trinajstić information content (AvgIpc) is 2.85. The number of rotatable bonds is 5. The average molecular weight is 357 g/mol. The molecule has 0 spiro atoms. The maximum Gasteiger partial charge on any atom is 0.0584 e. The Morgan fingerprint density at radius 1 is 1.18 bits per heavy atom. The monoisotopic (exact) mass is 357 g/mol. The molecule has 1 atom stereocenters. The number of thiophene rings is 1. The summed E-state index contributed by atoms with van der Waals surface area (Å²) in [6.07, 6.45) is 1.16. The smallest absolute Gasteiger partial charge is 0.0584 e. The van der Waals surface area contributed by atoms with Crippen molar-refractivity contribution in [2.24, 2.45) is 0 Å². The summed E-state index contributed by atoms with van der Waals surface area (Å²) in [5.41, 5.74) is 2.71. The molecule has 0 aliphatic carbocycles. The van der Waals surface area contributed by atoms with Crippen LogP contribution in [0.15, 0.2) is 41.1 Å². The van der Waals surface area contributed by atoms with Crippen molar-refractivity contribution in [3.63, 3.8) is 0 Å². The molecule has 0 amide bonds. The molecule has 2 aromatic rings. The summed E-state index contributed by atoms with van der Waals surface area (Å²) in [6, 6.07) is 11.3. The Kier molecular flexibility index (Phi) is 5.00. The lowest BCUT2D eigenvalue weighted by atomic mass is 10.0. The van der Waals surface area contributed by atoms with E-state index in [0.717, 1.165) is 13.0 Å². The third-order valence-electron chi connectivity index (χ3n) is 2.68. The Morgan fingerprint density at radius 2 is 1.94 bits per heavy atom. The molecule has 3 heteroatoms. The summed E-state index contributed by atoms with van der Waals surface area (Å²) < 4.78 is 1.28. The Bertz CT molecular complexity index is 436. The molecule has 17 heavy (non-hydrogen) atoms. The molecule has 0 bridgehead atoms. The van der Waals surface area contributed by atoms with Gasteiger partial charge in [0.25, 0.3) is 0 Å². The molecule has 0 fully saturated rings. The highest BCUT2D eigenvalue weighted by Crippen LogP contribution is 2.24. The van der Waals surface area contributed by atoms with E-state index in [1.807, 2.05) is 0 Å². The topological polar surface area (TPSA) is 12.0 Å². The van der Waals surface area contributed by atoms with Gasteiger partial charge in [-0.15, -0.1) is 0 Å². The highest BCUT2D eigenvalue weighted by Gasteiger charge is 2.13. The predicted octanol–water partition coefficient (Wildman–Crippen LogP) is 4.44. The first-order valence-electron chi connectivity index (χ1n) is 5.82. The van der Waals surface area contributed by atoms with Crippen molar-refractivity contribution in [1.82, 2.24) is 5.32 Å². The third kappa shape index (κ3) is 3.53. The summed E-state index contributed by atoms with van der Waals surface area (Å²) in [7, 11) is 0. The fourth-order valence-electron chi connectivity index (χ4n) is 1.81. The second kappa shape index (κ2) is 6.52. The quantitative estimate of drug-likeness (QED) is 0.780. The van der Waals surface area contributed by atoms with Crippen LogP contribution in [0.25, 0.3) is 0 Å². The van der Waals surface area contributed by atoms with Crippen molar-refractivity contribution < 1.29 is 0 Å². The first-order chi connectivity index (χ1) is 8.31. The van der Waals surface area contributed by atoms with Crippen molar-refractivity contribution in [1.29, 1.82) is 0 Å². The Balaban J connectivity index is 2.23. The molecule has 1 aromatic carbocycles. The number of hydrogen-bond donors (Lipinski definition) is 1. The number of benzene rings is 1. The molecule has 0 aliphatic rings. The molecule has 1 heterocycles. The summed E-state index contributed by atoms with van der Waals surface area (Å²) in [5, 5.41) is 7.98. The van der Waals surface area contributed by atoms with E-state index in [2.05, 4.69) is 75.9 Å². The zero-order valence-electron chi connectivity index (χ0n) is 9.82. The van der Waals surface area contributed by atoms with E-state index >= 15 is 0 Å². The van der Waals surface area contributed by atoms with Crippen LogP contribution in [0.2, 0.25) is 0 Å². The Labute approximate surface area is 120 Å². The van der Waals surface area contributed by atoms with E-state index in [0.29, 0.717) is 6.04 Å². The van der Waals surface area contributed by atoms with Crippen LogP contribution in [0, 0.1) is 3.57 Å². The molecule has 2 rings (SSSR count). The van der Waals surface area contributed by atoms with Crippen molar-refractivity contribution >= 4 is 33.9 Å². The fourth-order valence-corrected chi connectivity index (χ4v) is 2.86. The van der Waals surface area contributed by atoms with E-state index in [4.69, 9.17) is 0 Å². The van der Waals surface area contributed by atoms with Crippen LogP contribution in [0.4, 0.5) is 0 Å². The Hall–Kier alpha value is -0.390. The molecule has 0 saturated carbocycles. The zero-order valence-corrected chi connectivity index (χ0v) is 12.8. The van der Waals surface area contributed by atoms with Gasteiger partial charge in [0, 0.05) is 3.57 Å². The van der Waals surface area contributed by atoms with E-state index in [9.17, 15) is 0 Å². The maximum absolute atomic E-state index is 3.61. The van der Waals surface area contributed by atoms with Gasteiger partial charge in [0.05, 0.1) is 6.04 Å². The van der Waals surface area contributed by atoms with Crippen molar-refractivity contribution in [3.8, 4) is 0 Å². The number of hydrogen-bond acceptors (Lipinski definition) is 2. The van der Waals surface area contributed by atoms with Gasteiger partial charge in [-0.1, -0.05) is 19.1 Å². The van der Waals surface area contributed by atoms with E-state index in [-0.39, 0.29) is 0 Å². The van der Waals surface area contributed by atoms with Crippen molar-refractivity contribution in [2.75, 3.05) is 6.54 Å². The first-order valence-corrected chi connectivity index (χ1v) is 7.84. The lowest BCUT2D eigenvalue weighted by Crippen LogP contribution is -2.22. The van der Waals surface area contributed by atoms with Crippen molar-refractivity contribution in [3.05, 3.63) is 55.8 Å². The van der Waals surface area contributed by atoms with Crippen LogP contribution >= 0.6 is 33.9 Å². The summed E-state index contributed by atoms with van der Waals surface area (Å²) >= 11 is 4.10. The van der Waals surface area contributed by atoms with Crippen LogP contribution in [-0.4, -0.2) is 6.54 Å². The summed E-state index contributed by atoms with van der Waals surface area (Å²) in [5.74, 6) is 0. The molecule has 1 nitrogen and oxygen atoms in total. The van der Waals surface area contributed by atoms with Gasteiger partial charge in [-0.3, -0.25) is 0 Å². The summed E-state index contributed by atoms with van der Waals surface area (Å²) in [6.45, 7) is 3.25. The molecular weight excluding hydrogens is 341 g/mol. The zero-order chi connectivity index (χ0) is 12.1. The maximum atomic E-state index is 3.61. The van der Waals surface area contributed by atoms with Gasteiger partial charge in [-0.05, 0) is 75.6 Å². The van der Waals surface area contributed by atoms with E-state index in [1.165, 1.54) is 14.7 Å². The normalized spacial score (nSPS) is 12.6. The molecule has 1 aromatic heterocycles. The molecule has 0 aliphatic heterocycles.